The molecule has 1 aromatic heterocycles. The minimum atomic E-state index is 0.582. The summed E-state index contributed by atoms with van der Waals surface area (Å²) in [5.74, 6) is 0. The van der Waals surface area contributed by atoms with Crippen LogP contribution in [-0.2, 0) is 25.9 Å². The molecular weight excluding hydrogens is 349 g/mol. The Balaban J connectivity index is 2.34. The van der Waals surface area contributed by atoms with Gasteiger partial charge < -0.3 is 5.73 Å². The van der Waals surface area contributed by atoms with Crippen LogP contribution in [-0.4, -0.2) is 9.78 Å². The molecule has 2 N–H and O–H groups in total. The third kappa shape index (κ3) is 3.17. The number of aryl methyl sites for hydroxylation is 1. The third-order valence-electron chi connectivity index (χ3n) is 3.37. The van der Waals surface area contributed by atoms with E-state index in [-0.39, 0.29) is 0 Å². The molecular formula is C15H20IN3. The molecule has 0 saturated carbocycles. The first-order valence-corrected chi connectivity index (χ1v) is 7.79. The number of hydrogen-bond acceptors (Lipinski definition) is 2. The molecule has 19 heavy (non-hydrogen) atoms. The molecule has 0 aliphatic rings. The summed E-state index contributed by atoms with van der Waals surface area (Å²) in [5, 5.41) is 4.72. The van der Waals surface area contributed by atoms with Gasteiger partial charge in [0.05, 0.1) is 12.2 Å². The first-order valence-electron chi connectivity index (χ1n) is 6.71. The normalized spacial score (nSPS) is 10.9. The van der Waals surface area contributed by atoms with Gasteiger partial charge in [-0.1, -0.05) is 26.0 Å². The van der Waals surface area contributed by atoms with Crippen molar-refractivity contribution in [3.05, 3.63) is 50.4 Å². The van der Waals surface area contributed by atoms with E-state index in [1.54, 1.807) is 0 Å². The van der Waals surface area contributed by atoms with E-state index in [9.17, 15) is 0 Å². The number of hydrogen-bond donors (Lipinski definition) is 1. The minimum absolute atomic E-state index is 0.582. The van der Waals surface area contributed by atoms with Crippen molar-refractivity contribution in [1.82, 2.24) is 9.78 Å². The van der Waals surface area contributed by atoms with E-state index in [4.69, 9.17) is 10.8 Å². The predicted molar refractivity (Wildman–Crippen MR) is 87.1 cm³/mol. The smallest absolute Gasteiger partial charge is 0.0669 e. The van der Waals surface area contributed by atoms with E-state index >= 15 is 0 Å². The molecule has 0 saturated heterocycles. The van der Waals surface area contributed by atoms with Crippen LogP contribution in [0.1, 0.15) is 36.4 Å². The van der Waals surface area contributed by atoms with Crippen molar-refractivity contribution in [2.24, 2.45) is 5.73 Å². The highest BCUT2D eigenvalue weighted by atomic mass is 127. The number of benzene rings is 1. The summed E-state index contributed by atoms with van der Waals surface area (Å²) in [7, 11) is 0. The Kier molecular flexibility index (Phi) is 4.99. The van der Waals surface area contributed by atoms with E-state index < -0.39 is 0 Å². The van der Waals surface area contributed by atoms with Gasteiger partial charge in [-0.15, -0.1) is 0 Å². The van der Waals surface area contributed by atoms with Crippen LogP contribution in [0.25, 0.3) is 0 Å². The fourth-order valence-electron chi connectivity index (χ4n) is 2.40. The van der Waals surface area contributed by atoms with E-state index in [2.05, 4.69) is 65.4 Å². The van der Waals surface area contributed by atoms with E-state index in [0.29, 0.717) is 6.54 Å². The highest BCUT2D eigenvalue weighted by molar-refractivity contribution is 14.1. The number of halogens is 1. The molecule has 4 heteroatoms. The van der Waals surface area contributed by atoms with Crippen LogP contribution in [0.3, 0.4) is 0 Å². The maximum absolute atomic E-state index is 5.87. The molecule has 0 bridgehead atoms. The molecule has 3 nitrogen and oxygen atoms in total. The van der Waals surface area contributed by atoms with Crippen LogP contribution in [0.5, 0.6) is 0 Å². The third-order valence-corrected chi connectivity index (χ3v) is 4.09. The van der Waals surface area contributed by atoms with Gasteiger partial charge in [0.15, 0.2) is 0 Å². The average molecular weight is 369 g/mol. The van der Waals surface area contributed by atoms with Gasteiger partial charge in [0.1, 0.15) is 0 Å². The van der Waals surface area contributed by atoms with Gasteiger partial charge in [0, 0.05) is 21.4 Å². The molecule has 2 rings (SSSR count). The zero-order chi connectivity index (χ0) is 13.8. The SMILES string of the molecule is CCc1nn(Cc2ccc(I)cc2)c(CC)c1CN. The Morgan fingerprint density at radius 2 is 1.84 bits per heavy atom. The molecule has 0 fully saturated rings. The lowest BCUT2D eigenvalue weighted by atomic mass is 10.1. The van der Waals surface area contributed by atoms with Gasteiger partial charge in [-0.2, -0.15) is 5.10 Å². The van der Waals surface area contributed by atoms with Crippen molar-refractivity contribution in [1.29, 1.82) is 0 Å². The average Bonchev–Trinajstić information content (AvgIpc) is 2.78. The van der Waals surface area contributed by atoms with Crippen LogP contribution in [0, 0.1) is 3.57 Å². The maximum atomic E-state index is 5.87. The molecule has 1 aromatic carbocycles. The van der Waals surface area contributed by atoms with Crippen molar-refractivity contribution in [2.45, 2.75) is 39.8 Å². The molecule has 0 aliphatic carbocycles. The summed E-state index contributed by atoms with van der Waals surface area (Å²) in [6.07, 6.45) is 1.92. The van der Waals surface area contributed by atoms with Gasteiger partial charge in [0.25, 0.3) is 0 Å². The van der Waals surface area contributed by atoms with Crippen molar-refractivity contribution in [3.63, 3.8) is 0 Å². The number of nitrogens with zero attached hydrogens (tertiary/aromatic N) is 2. The summed E-state index contributed by atoms with van der Waals surface area (Å²) >= 11 is 2.32. The van der Waals surface area contributed by atoms with Crippen LogP contribution >= 0.6 is 22.6 Å². The Hall–Kier alpha value is -0.880. The standard InChI is InChI=1S/C15H20IN3/c1-3-14-13(9-17)15(4-2)19(18-14)10-11-5-7-12(16)8-6-11/h5-8H,3-4,9-10,17H2,1-2H3. The largest absolute Gasteiger partial charge is 0.326 e. The maximum Gasteiger partial charge on any atom is 0.0669 e. The summed E-state index contributed by atoms with van der Waals surface area (Å²) in [6.45, 7) is 5.71. The number of nitrogens with two attached hydrogens (primary N) is 1. The van der Waals surface area contributed by atoms with E-state index in [0.717, 1.165) is 25.1 Å². The molecule has 0 spiro atoms. The lowest BCUT2D eigenvalue weighted by Gasteiger charge is -2.07. The minimum Gasteiger partial charge on any atom is -0.326 e. The quantitative estimate of drug-likeness (QED) is 0.824. The van der Waals surface area contributed by atoms with Crippen molar-refractivity contribution in [3.8, 4) is 0 Å². The highest BCUT2D eigenvalue weighted by Gasteiger charge is 2.14. The summed E-state index contributed by atoms with van der Waals surface area (Å²) in [6, 6.07) is 8.60. The molecule has 0 amide bonds. The number of aromatic nitrogens is 2. The second-order valence-corrected chi connectivity index (χ2v) is 5.81. The predicted octanol–water partition coefficient (Wildman–Crippen LogP) is 3.12. The van der Waals surface area contributed by atoms with Crippen LogP contribution in [0.2, 0.25) is 0 Å². The fourth-order valence-corrected chi connectivity index (χ4v) is 2.76. The van der Waals surface area contributed by atoms with Gasteiger partial charge in [-0.3, -0.25) is 4.68 Å². The monoisotopic (exact) mass is 369 g/mol. The van der Waals surface area contributed by atoms with Crippen LogP contribution in [0.4, 0.5) is 0 Å². The van der Waals surface area contributed by atoms with Gasteiger partial charge in [-0.25, -0.2) is 0 Å². The second kappa shape index (κ2) is 6.52. The zero-order valence-electron chi connectivity index (χ0n) is 11.5. The molecule has 1 heterocycles. The molecule has 2 aromatic rings. The first kappa shape index (κ1) is 14.5. The Morgan fingerprint density at radius 3 is 2.37 bits per heavy atom. The molecule has 0 radical (unpaired) electrons. The first-order chi connectivity index (χ1) is 9.19. The Bertz CT molecular complexity index is 543. The Labute approximate surface area is 128 Å². The molecule has 0 aliphatic heterocycles. The Morgan fingerprint density at radius 1 is 1.16 bits per heavy atom. The lowest BCUT2D eigenvalue weighted by molar-refractivity contribution is 0.639. The number of rotatable bonds is 5. The van der Waals surface area contributed by atoms with Gasteiger partial charge in [0.2, 0.25) is 0 Å². The molecule has 0 atom stereocenters. The van der Waals surface area contributed by atoms with Gasteiger partial charge >= 0.3 is 0 Å². The van der Waals surface area contributed by atoms with Crippen LogP contribution < -0.4 is 5.73 Å². The molecule has 0 unspecified atom stereocenters. The lowest BCUT2D eigenvalue weighted by Crippen LogP contribution is -2.08. The molecule has 102 valence electrons. The summed E-state index contributed by atoms with van der Waals surface area (Å²) in [5.41, 5.74) is 10.8. The fraction of sp³-hybridized carbons (Fsp3) is 0.400. The van der Waals surface area contributed by atoms with Crippen LogP contribution in [0.15, 0.2) is 24.3 Å². The van der Waals surface area contributed by atoms with Crippen molar-refractivity contribution >= 4 is 22.6 Å². The highest BCUT2D eigenvalue weighted by Crippen LogP contribution is 2.17. The van der Waals surface area contributed by atoms with Gasteiger partial charge in [-0.05, 0) is 53.1 Å². The van der Waals surface area contributed by atoms with E-state index in [1.165, 1.54) is 20.4 Å². The topological polar surface area (TPSA) is 43.8 Å². The van der Waals surface area contributed by atoms with E-state index in [1.807, 2.05) is 0 Å². The van der Waals surface area contributed by atoms with Crippen molar-refractivity contribution < 1.29 is 0 Å². The summed E-state index contributed by atoms with van der Waals surface area (Å²) in [4.78, 5) is 0. The second-order valence-electron chi connectivity index (χ2n) is 4.57. The summed E-state index contributed by atoms with van der Waals surface area (Å²) < 4.78 is 3.37. The van der Waals surface area contributed by atoms with Crippen molar-refractivity contribution in [2.75, 3.05) is 0 Å². The zero-order valence-corrected chi connectivity index (χ0v) is 13.6.